The monoisotopic (exact) mass is 988 g/mol. The van der Waals surface area contributed by atoms with Crippen molar-refractivity contribution in [2.24, 2.45) is 0 Å². The second-order valence-corrected chi connectivity index (χ2v) is 18.6. The molecule has 0 aliphatic carbocycles. The maximum Gasteiger partial charge on any atom is 0.164 e. The number of anilines is 6. The third-order valence-electron chi connectivity index (χ3n) is 13.5. The lowest BCUT2D eigenvalue weighted by molar-refractivity contribution is 0.667. The van der Waals surface area contributed by atoms with Crippen LogP contribution in [-0.4, -0.2) is 19.5 Å². The van der Waals surface area contributed by atoms with Gasteiger partial charge in [0, 0.05) is 72.8 Å². The minimum Gasteiger partial charge on any atom is -0.310 e. The Morgan fingerprint density at radius 3 is 1.42 bits per heavy atom. The first-order valence-electron chi connectivity index (χ1n) is 26.0. The van der Waals surface area contributed by atoms with E-state index in [1.54, 1.807) is 0 Å². The highest BCUT2D eigenvalue weighted by atomic mass is 15.2. The van der Waals surface area contributed by atoms with Crippen LogP contribution < -0.4 is 9.80 Å². The summed E-state index contributed by atoms with van der Waals surface area (Å²) >= 11 is 0. The average molecular weight is 989 g/mol. The largest absolute Gasteiger partial charge is 0.310 e. The minimum atomic E-state index is 0.602. The third kappa shape index (κ3) is 11.0. The molecule has 0 atom stereocenters. The number of fused-ring (bicyclic) bond motifs is 3. The van der Waals surface area contributed by atoms with Crippen molar-refractivity contribution < 1.29 is 0 Å². The van der Waals surface area contributed by atoms with E-state index in [9.17, 15) is 0 Å². The van der Waals surface area contributed by atoms with Crippen LogP contribution in [0.1, 0.15) is 43.7 Å². The number of hydrogen-bond acceptors (Lipinski definition) is 5. The van der Waals surface area contributed by atoms with E-state index in [4.69, 9.17) is 21.4 Å². The molecule has 0 saturated heterocycles. The highest BCUT2D eigenvalue weighted by Gasteiger charge is 2.21. The van der Waals surface area contributed by atoms with Crippen molar-refractivity contribution in [3.05, 3.63) is 242 Å². The zero-order valence-corrected chi connectivity index (χ0v) is 42.7. The number of aryl methyl sites for hydroxylation is 1. The van der Waals surface area contributed by atoms with E-state index in [1.807, 2.05) is 78.9 Å². The molecule has 0 spiro atoms. The summed E-state index contributed by atoms with van der Waals surface area (Å²) in [6.45, 7) is 2.26. The molecule has 0 radical (unpaired) electrons. The molecular formula is C71H52N6. The molecule has 6 nitrogen and oxygen atoms in total. The van der Waals surface area contributed by atoms with Gasteiger partial charge in [0.25, 0.3) is 0 Å². The van der Waals surface area contributed by atoms with Crippen molar-refractivity contribution in [3.8, 4) is 87.7 Å². The number of nitrogens with zero attached hydrogens (tertiary/aromatic N) is 6. The smallest absolute Gasteiger partial charge is 0.164 e. The molecule has 0 bridgehead atoms. The van der Waals surface area contributed by atoms with Gasteiger partial charge in [0.2, 0.25) is 0 Å². The Morgan fingerprint density at radius 1 is 0.403 bits per heavy atom. The topological polar surface area (TPSA) is 50.1 Å². The normalized spacial score (nSPS) is 10.6. The average Bonchev–Trinajstić information content (AvgIpc) is 3.94. The van der Waals surface area contributed by atoms with E-state index in [2.05, 4.69) is 214 Å². The number of para-hydroxylation sites is 2. The van der Waals surface area contributed by atoms with Gasteiger partial charge in [0.15, 0.2) is 17.5 Å². The second-order valence-electron chi connectivity index (χ2n) is 18.6. The lowest BCUT2D eigenvalue weighted by Gasteiger charge is -2.26. The molecule has 77 heavy (non-hydrogen) atoms. The summed E-state index contributed by atoms with van der Waals surface area (Å²) < 4.78 is 2.36. The molecule has 2 aromatic heterocycles. The molecule has 0 aliphatic heterocycles. The highest BCUT2D eigenvalue weighted by Crippen LogP contribution is 2.43. The standard InChI is InChI=1S/C71H52N6/c1-3-5-7-9-10-16-28-54-30-26-40-62(50-54)76(59-37-23-14-24-38-59)64-46-48-68-66(52-64)65-51-63(75(58-35-21-13-22-36-58)61-39-25-29-53(49-61)27-15-8-6-4-2)45-47-67(65)77(68)60-43-41-57(42-44-60)71-73-69(55-31-17-11-18-32-55)72-70(74-71)56-33-19-12-20-34-56/h1,11-14,17-26,29-52H,4,6,8,15,27H2,2H3. The van der Waals surface area contributed by atoms with Gasteiger partial charge in [-0.15, -0.1) is 6.42 Å². The molecule has 366 valence electrons. The Hall–Kier alpha value is -10.4. The van der Waals surface area contributed by atoms with Crippen molar-refractivity contribution in [2.45, 2.75) is 39.0 Å². The first kappa shape index (κ1) is 48.9. The molecule has 9 aromatic carbocycles. The molecule has 0 fully saturated rings. The summed E-state index contributed by atoms with van der Waals surface area (Å²) in [4.78, 5) is 19.7. The zero-order valence-electron chi connectivity index (χ0n) is 42.7. The Bertz CT molecular complexity index is 4050. The molecule has 11 aromatic rings. The van der Waals surface area contributed by atoms with Gasteiger partial charge >= 0.3 is 0 Å². The SMILES string of the molecule is C#CC#CC#CC#Cc1cccc(N(c2ccccc2)c2ccc3c(c2)c2cc(N(c4ccccc4)c4cccc(CCCCCC)c4)ccc2n3-c2ccc(-c3nc(-c4ccccc4)nc(-c4ccccc4)n3)cc2)c1. The Balaban J connectivity index is 1.07. The number of hydrogen-bond donors (Lipinski definition) is 0. The number of terminal acetylenes is 1. The van der Waals surface area contributed by atoms with E-state index in [-0.39, 0.29) is 0 Å². The van der Waals surface area contributed by atoms with Gasteiger partial charge in [-0.1, -0.05) is 147 Å². The van der Waals surface area contributed by atoms with Crippen LogP contribution in [0.15, 0.2) is 231 Å². The summed E-state index contributed by atoms with van der Waals surface area (Å²) in [5, 5.41) is 2.20. The van der Waals surface area contributed by atoms with Crippen LogP contribution in [0.3, 0.4) is 0 Å². The van der Waals surface area contributed by atoms with Crippen molar-refractivity contribution in [1.82, 2.24) is 19.5 Å². The van der Waals surface area contributed by atoms with Crippen LogP contribution in [0.5, 0.6) is 0 Å². The zero-order chi connectivity index (χ0) is 52.2. The maximum atomic E-state index is 5.27. The van der Waals surface area contributed by atoms with Crippen LogP contribution in [0.4, 0.5) is 34.1 Å². The van der Waals surface area contributed by atoms with E-state index < -0.39 is 0 Å². The molecule has 0 saturated carbocycles. The quantitative estimate of drug-likeness (QED) is 0.0757. The van der Waals surface area contributed by atoms with Crippen molar-refractivity contribution in [3.63, 3.8) is 0 Å². The van der Waals surface area contributed by atoms with Crippen LogP contribution >= 0.6 is 0 Å². The van der Waals surface area contributed by atoms with Crippen LogP contribution in [0.2, 0.25) is 0 Å². The maximum absolute atomic E-state index is 5.27. The fourth-order valence-corrected chi connectivity index (χ4v) is 9.86. The van der Waals surface area contributed by atoms with Gasteiger partial charge in [0.1, 0.15) is 0 Å². The van der Waals surface area contributed by atoms with Crippen molar-refractivity contribution >= 4 is 55.9 Å². The minimum absolute atomic E-state index is 0.602. The van der Waals surface area contributed by atoms with Gasteiger partial charge in [0.05, 0.1) is 11.0 Å². The number of aromatic nitrogens is 4. The van der Waals surface area contributed by atoms with Crippen molar-refractivity contribution in [2.75, 3.05) is 9.80 Å². The van der Waals surface area contributed by atoms with Gasteiger partial charge in [-0.2, -0.15) is 0 Å². The molecule has 0 unspecified atom stereocenters. The first-order valence-corrected chi connectivity index (χ1v) is 26.0. The molecule has 0 N–H and O–H groups in total. The summed E-state index contributed by atoms with van der Waals surface area (Å²) in [5.41, 5.74) is 14.3. The number of benzene rings is 9. The summed E-state index contributed by atoms with van der Waals surface area (Å²) in [5.74, 6) is 20.9. The molecule has 0 amide bonds. The van der Waals surface area contributed by atoms with Crippen LogP contribution in [0.25, 0.3) is 61.7 Å². The predicted molar refractivity (Wildman–Crippen MR) is 319 cm³/mol. The van der Waals surface area contributed by atoms with E-state index in [0.717, 1.165) is 90.3 Å². The summed E-state index contributed by atoms with van der Waals surface area (Å²) in [6.07, 6.45) is 11.2. The Morgan fingerprint density at radius 2 is 0.870 bits per heavy atom. The Labute approximate surface area is 451 Å². The highest BCUT2D eigenvalue weighted by molar-refractivity contribution is 6.12. The lowest BCUT2D eigenvalue weighted by Crippen LogP contribution is -2.10. The van der Waals surface area contributed by atoms with Crippen LogP contribution in [-0.2, 0) is 6.42 Å². The van der Waals surface area contributed by atoms with Crippen LogP contribution in [0, 0.1) is 47.9 Å². The molecule has 0 aliphatic rings. The summed E-state index contributed by atoms with van der Waals surface area (Å²) in [7, 11) is 0. The lowest BCUT2D eigenvalue weighted by atomic mass is 10.0. The van der Waals surface area contributed by atoms with E-state index >= 15 is 0 Å². The Kier molecular flexibility index (Phi) is 14.7. The summed E-state index contributed by atoms with van der Waals surface area (Å²) in [6, 6.07) is 80.8. The van der Waals surface area contributed by atoms with E-state index in [0.29, 0.717) is 17.5 Å². The third-order valence-corrected chi connectivity index (χ3v) is 13.5. The number of unbranched alkanes of at least 4 members (excludes halogenated alkanes) is 3. The number of rotatable bonds is 15. The van der Waals surface area contributed by atoms with Gasteiger partial charge < -0.3 is 14.4 Å². The predicted octanol–water partition coefficient (Wildman–Crippen LogP) is 17.0. The van der Waals surface area contributed by atoms with Crippen molar-refractivity contribution in [1.29, 1.82) is 0 Å². The van der Waals surface area contributed by atoms with Gasteiger partial charge in [-0.25, -0.2) is 15.0 Å². The van der Waals surface area contributed by atoms with Gasteiger partial charge in [-0.3, -0.25) is 0 Å². The molecular weight excluding hydrogens is 937 g/mol. The molecule has 2 heterocycles. The first-order chi connectivity index (χ1) is 38.1. The van der Waals surface area contributed by atoms with E-state index in [1.165, 1.54) is 31.2 Å². The molecule has 11 rings (SSSR count). The fraction of sp³-hybridized carbons (Fsp3) is 0.0845. The molecule has 6 heteroatoms. The second kappa shape index (κ2) is 23.2. The fourth-order valence-electron chi connectivity index (χ4n) is 9.86. The van der Waals surface area contributed by atoms with Gasteiger partial charge in [-0.05, 0) is 169 Å².